The van der Waals surface area contributed by atoms with Gasteiger partial charge in [-0.15, -0.1) is 0 Å². The number of benzene rings is 1. The van der Waals surface area contributed by atoms with Crippen molar-refractivity contribution in [1.29, 1.82) is 0 Å². The quantitative estimate of drug-likeness (QED) is 0.667. The fraction of sp³-hybridized carbons (Fsp3) is 0.625. The Kier molecular flexibility index (Phi) is 5.82. The van der Waals surface area contributed by atoms with Gasteiger partial charge in [-0.1, -0.05) is 0 Å². The van der Waals surface area contributed by atoms with Gasteiger partial charge >= 0.3 is 0 Å². The molecule has 0 amide bonds. The third-order valence-corrected chi connectivity index (χ3v) is 4.21. The van der Waals surface area contributed by atoms with Crippen LogP contribution in [0.1, 0.15) is 25.5 Å². The highest BCUT2D eigenvalue weighted by Gasteiger charge is 2.43. The second-order valence-electron chi connectivity index (χ2n) is 6.04. The van der Waals surface area contributed by atoms with Crippen LogP contribution >= 0.6 is 0 Å². The zero-order valence-corrected chi connectivity index (χ0v) is 16.0. The molecule has 0 unspecified atom stereocenters. The Hall–Kier alpha value is -1.55. The fourth-order valence-corrected chi connectivity index (χ4v) is 3.08. The molecule has 0 radical (unpaired) electrons. The summed E-state index contributed by atoms with van der Waals surface area (Å²) in [5, 5.41) is 0. The van der Waals surface area contributed by atoms with Crippen LogP contribution in [-0.4, -0.2) is 54.5 Å². The Morgan fingerprint density at radius 2 is 1.60 bits per heavy atom. The van der Waals surface area contributed by atoms with E-state index in [9.17, 15) is 8.42 Å². The van der Waals surface area contributed by atoms with Crippen LogP contribution in [0.15, 0.2) is 12.1 Å². The topological polar surface area (TPSA) is 89.5 Å². The van der Waals surface area contributed by atoms with Gasteiger partial charge in [0.25, 0.3) is 10.1 Å². The molecule has 0 aromatic heterocycles. The summed E-state index contributed by atoms with van der Waals surface area (Å²) in [4.78, 5) is 0. The summed E-state index contributed by atoms with van der Waals surface area (Å²) >= 11 is 0. The second-order valence-corrected chi connectivity index (χ2v) is 7.69. The zero-order chi connectivity index (χ0) is 18.8. The van der Waals surface area contributed by atoms with E-state index in [1.54, 1.807) is 26.0 Å². The molecule has 0 spiro atoms. The molecular weight excluding hydrogens is 352 g/mol. The van der Waals surface area contributed by atoms with Crippen LogP contribution in [0.25, 0.3) is 0 Å². The summed E-state index contributed by atoms with van der Waals surface area (Å²) in [7, 11) is 0.950. The van der Waals surface area contributed by atoms with E-state index in [2.05, 4.69) is 0 Å². The molecule has 2 rings (SSSR count). The van der Waals surface area contributed by atoms with E-state index in [1.807, 2.05) is 0 Å². The highest BCUT2D eigenvalue weighted by atomic mass is 32.2. The maximum absolute atomic E-state index is 11.3. The average molecular weight is 376 g/mol. The zero-order valence-electron chi connectivity index (χ0n) is 15.2. The summed E-state index contributed by atoms with van der Waals surface area (Å²) in [6.07, 6.45) is -0.194. The number of rotatable bonds is 7. The molecule has 0 bridgehead atoms. The van der Waals surface area contributed by atoms with Crippen LogP contribution in [0.5, 0.6) is 17.2 Å². The van der Waals surface area contributed by atoms with E-state index in [4.69, 9.17) is 27.9 Å². The molecule has 2 atom stereocenters. The standard InChI is InChI=1S/C16H24O8S/c1-16(2)23-13(9-22-25(6,17)18)14(24-16)10-7-11(19-3)15(21-5)12(8-10)20-4/h7-8,13-14H,9H2,1-6H3/t13-,14-/m1/s1. The van der Waals surface area contributed by atoms with Gasteiger partial charge in [-0.3, -0.25) is 4.18 Å². The van der Waals surface area contributed by atoms with E-state index in [0.29, 0.717) is 22.8 Å². The number of methoxy groups -OCH3 is 3. The van der Waals surface area contributed by atoms with Gasteiger partial charge in [-0.25, -0.2) is 0 Å². The van der Waals surface area contributed by atoms with Crippen molar-refractivity contribution in [2.24, 2.45) is 0 Å². The lowest BCUT2D eigenvalue weighted by Gasteiger charge is -2.20. The molecule has 25 heavy (non-hydrogen) atoms. The van der Waals surface area contributed by atoms with Crippen LogP contribution in [0.4, 0.5) is 0 Å². The van der Waals surface area contributed by atoms with E-state index >= 15 is 0 Å². The van der Waals surface area contributed by atoms with Gasteiger partial charge in [0.2, 0.25) is 5.75 Å². The number of hydrogen-bond donors (Lipinski definition) is 0. The second kappa shape index (κ2) is 7.36. The lowest BCUT2D eigenvalue weighted by atomic mass is 10.0. The Balaban J connectivity index is 2.39. The van der Waals surface area contributed by atoms with Crippen molar-refractivity contribution in [3.05, 3.63) is 17.7 Å². The molecule has 9 heteroatoms. The summed E-state index contributed by atoms with van der Waals surface area (Å²) in [5.74, 6) is 0.494. The normalized spacial score (nSPS) is 22.6. The Morgan fingerprint density at radius 3 is 2.04 bits per heavy atom. The Bertz CT molecular complexity index is 688. The summed E-state index contributed by atoms with van der Waals surface area (Å²) in [6.45, 7) is 3.33. The van der Waals surface area contributed by atoms with Gasteiger partial charge in [0.05, 0.1) is 34.2 Å². The smallest absolute Gasteiger partial charge is 0.264 e. The van der Waals surface area contributed by atoms with Crippen molar-refractivity contribution in [1.82, 2.24) is 0 Å². The first-order valence-electron chi connectivity index (χ1n) is 7.60. The van der Waals surface area contributed by atoms with Gasteiger partial charge < -0.3 is 23.7 Å². The largest absolute Gasteiger partial charge is 0.493 e. The molecule has 1 heterocycles. The van der Waals surface area contributed by atoms with Gasteiger partial charge in [0.1, 0.15) is 12.2 Å². The predicted octanol–water partition coefficient (Wildman–Crippen LogP) is 1.88. The van der Waals surface area contributed by atoms with Crippen LogP contribution < -0.4 is 14.2 Å². The molecule has 1 aromatic rings. The van der Waals surface area contributed by atoms with Crippen molar-refractivity contribution in [3.63, 3.8) is 0 Å². The maximum atomic E-state index is 11.3. The minimum absolute atomic E-state index is 0.163. The minimum atomic E-state index is -3.60. The van der Waals surface area contributed by atoms with Crippen molar-refractivity contribution in [3.8, 4) is 17.2 Å². The molecule has 0 saturated carbocycles. The van der Waals surface area contributed by atoms with Gasteiger partial charge in [-0.05, 0) is 31.5 Å². The molecule has 1 aliphatic rings. The van der Waals surface area contributed by atoms with Crippen molar-refractivity contribution in [2.45, 2.75) is 31.8 Å². The highest BCUT2D eigenvalue weighted by molar-refractivity contribution is 7.85. The molecular formula is C16H24O8S. The highest BCUT2D eigenvalue weighted by Crippen LogP contribution is 2.45. The molecule has 8 nitrogen and oxygen atoms in total. The molecule has 1 aromatic carbocycles. The average Bonchev–Trinajstić information content (AvgIpc) is 2.85. The molecule has 0 aliphatic carbocycles. The summed E-state index contributed by atoms with van der Waals surface area (Å²) < 4.78 is 55.2. The van der Waals surface area contributed by atoms with E-state index in [0.717, 1.165) is 6.26 Å². The molecule has 142 valence electrons. The fourth-order valence-electron chi connectivity index (χ4n) is 2.70. The predicted molar refractivity (Wildman–Crippen MR) is 89.7 cm³/mol. The third kappa shape index (κ3) is 4.75. The van der Waals surface area contributed by atoms with E-state index < -0.39 is 28.1 Å². The van der Waals surface area contributed by atoms with Crippen LogP contribution in [-0.2, 0) is 23.8 Å². The van der Waals surface area contributed by atoms with Gasteiger partial charge in [0.15, 0.2) is 17.3 Å². The SMILES string of the molecule is COc1cc([C@H]2OC(C)(C)O[C@@H]2COS(C)(=O)=O)cc(OC)c1OC. The molecule has 1 fully saturated rings. The molecule has 1 saturated heterocycles. The van der Waals surface area contributed by atoms with Crippen molar-refractivity contribution >= 4 is 10.1 Å². The van der Waals surface area contributed by atoms with Crippen LogP contribution in [0.2, 0.25) is 0 Å². The van der Waals surface area contributed by atoms with Crippen LogP contribution in [0, 0.1) is 0 Å². The number of hydrogen-bond acceptors (Lipinski definition) is 8. The lowest BCUT2D eigenvalue weighted by Crippen LogP contribution is -2.25. The van der Waals surface area contributed by atoms with Gasteiger partial charge in [-0.2, -0.15) is 8.42 Å². The number of ether oxygens (including phenoxy) is 5. The van der Waals surface area contributed by atoms with Gasteiger partial charge in [0, 0.05) is 0 Å². The van der Waals surface area contributed by atoms with Crippen molar-refractivity contribution < 1.29 is 36.3 Å². The van der Waals surface area contributed by atoms with E-state index in [1.165, 1.54) is 21.3 Å². The first-order chi connectivity index (χ1) is 11.6. The Morgan fingerprint density at radius 1 is 1.04 bits per heavy atom. The third-order valence-electron chi connectivity index (χ3n) is 3.65. The van der Waals surface area contributed by atoms with Crippen molar-refractivity contribution in [2.75, 3.05) is 34.2 Å². The first-order valence-corrected chi connectivity index (χ1v) is 9.42. The minimum Gasteiger partial charge on any atom is -0.493 e. The first kappa shape index (κ1) is 19.8. The molecule has 1 aliphatic heterocycles. The van der Waals surface area contributed by atoms with Crippen LogP contribution in [0.3, 0.4) is 0 Å². The Labute approximate surface area is 148 Å². The monoisotopic (exact) mass is 376 g/mol. The molecule has 0 N–H and O–H groups in total. The summed E-state index contributed by atoms with van der Waals surface area (Å²) in [5.41, 5.74) is 0.696. The van der Waals surface area contributed by atoms with E-state index in [-0.39, 0.29) is 6.61 Å². The summed E-state index contributed by atoms with van der Waals surface area (Å²) in [6, 6.07) is 3.48. The lowest BCUT2D eigenvalue weighted by molar-refractivity contribution is -0.148. The maximum Gasteiger partial charge on any atom is 0.264 e.